The summed E-state index contributed by atoms with van der Waals surface area (Å²) in [6.07, 6.45) is 3.37. The number of carboxylic acids is 1. The fourth-order valence-electron chi connectivity index (χ4n) is 2.91. The van der Waals surface area contributed by atoms with Gasteiger partial charge in [-0.25, -0.2) is 9.97 Å². The van der Waals surface area contributed by atoms with Crippen LogP contribution in [-0.2, 0) is 11.2 Å². The highest BCUT2D eigenvalue weighted by atomic mass is 16.4. The third kappa shape index (κ3) is 2.23. The van der Waals surface area contributed by atoms with Crippen molar-refractivity contribution in [3.05, 3.63) is 66.6 Å². The molecule has 0 amide bonds. The minimum Gasteiger partial charge on any atom is -0.481 e. The number of aliphatic carboxylic acids is 1. The number of carboxylic acid groups (broad SMARTS) is 1. The van der Waals surface area contributed by atoms with Gasteiger partial charge in [-0.1, -0.05) is 30.3 Å². The molecule has 23 heavy (non-hydrogen) atoms. The van der Waals surface area contributed by atoms with Crippen molar-refractivity contribution in [2.75, 3.05) is 0 Å². The number of hydrogen-bond acceptors (Lipinski definition) is 3. The molecule has 0 aliphatic heterocycles. The normalized spacial score (nSPS) is 11.1. The molecule has 0 fully saturated rings. The predicted octanol–water partition coefficient (Wildman–Crippen LogP) is 3.20. The number of nitrogens with zero attached hydrogens (tertiary/aromatic N) is 3. The van der Waals surface area contributed by atoms with Gasteiger partial charge < -0.3 is 9.67 Å². The number of aromatic nitrogens is 3. The zero-order valence-electron chi connectivity index (χ0n) is 12.2. The summed E-state index contributed by atoms with van der Waals surface area (Å²) >= 11 is 0. The van der Waals surface area contributed by atoms with Crippen molar-refractivity contribution in [1.82, 2.24) is 14.5 Å². The van der Waals surface area contributed by atoms with Crippen LogP contribution in [0, 0.1) is 0 Å². The van der Waals surface area contributed by atoms with Gasteiger partial charge in [0.1, 0.15) is 12.1 Å². The molecule has 2 aromatic heterocycles. The molecule has 0 aliphatic rings. The van der Waals surface area contributed by atoms with Crippen LogP contribution in [0.5, 0.6) is 0 Å². The van der Waals surface area contributed by atoms with E-state index in [9.17, 15) is 4.79 Å². The molecule has 0 unspecified atom stereocenters. The standard InChI is InChI=1S/C18H13N3O2/c22-17(23)9-12-10-21(16-8-4-2-5-13(12)16)18-14-6-1-3-7-15(14)19-11-20-18/h1-8,10-11H,9H2,(H,22,23). The van der Waals surface area contributed by atoms with Crippen LogP contribution in [0.1, 0.15) is 5.56 Å². The Labute approximate surface area is 131 Å². The maximum atomic E-state index is 11.1. The first-order valence-corrected chi connectivity index (χ1v) is 7.25. The molecule has 1 N–H and O–H groups in total. The van der Waals surface area contributed by atoms with Gasteiger partial charge in [0.15, 0.2) is 0 Å². The largest absolute Gasteiger partial charge is 0.481 e. The average Bonchev–Trinajstić information content (AvgIpc) is 2.92. The van der Waals surface area contributed by atoms with E-state index >= 15 is 0 Å². The van der Waals surface area contributed by atoms with E-state index in [1.165, 1.54) is 6.33 Å². The Hall–Kier alpha value is -3.21. The van der Waals surface area contributed by atoms with Crippen molar-refractivity contribution >= 4 is 27.8 Å². The van der Waals surface area contributed by atoms with Crippen LogP contribution in [0.15, 0.2) is 61.1 Å². The number of para-hydroxylation sites is 2. The summed E-state index contributed by atoms with van der Waals surface area (Å²) in [6.45, 7) is 0. The zero-order valence-corrected chi connectivity index (χ0v) is 12.2. The van der Waals surface area contributed by atoms with Gasteiger partial charge >= 0.3 is 5.97 Å². The molecule has 4 aromatic rings. The average molecular weight is 303 g/mol. The third-order valence-corrected chi connectivity index (χ3v) is 3.89. The Bertz CT molecular complexity index is 1030. The highest BCUT2D eigenvalue weighted by Gasteiger charge is 2.14. The predicted molar refractivity (Wildman–Crippen MR) is 87.7 cm³/mol. The van der Waals surface area contributed by atoms with Crippen LogP contribution in [0.4, 0.5) is 0 Å². The first kappa shape index (κ1) is 13.5. The smallest absolute Gasteiger partial charge is 0.307 e. The summed E-state index contributed by atoms with van der Waals surface area (Å²) in [7, 11) is 0. The van der Waals surface area contributed by atoms with Crippen molar-refractivity contribution in [2.24, 2.45) is 0 Å². The molecule has 112 valence electrons. The lowest BCUT2D eigenvalue weighted by molar-refractivity contribution is -0.136. The number of carbonyl (C=O) groups is 1. The lowest BCUT2D eigenvalue weighted by Crippen LogP contribution is -2.00. The van der Waals surface area contributed by atoms with E-state index in [2.05, 4.69) is 9.97 Å². The molecule has 2 aromatic carbocycles. The fourth-order valence-corrected chi connectivity index (χ4v) is 2.91. The van der Waals surface area contributed by atoms with Gasteiger partial charge in [0.05, 0.1) is 17.5 Å². The molecule has 4 rings (SSSR count). The maximum absolute atomic E-state index is 11.1. The monoisotopic (exact) mass is 303 g/mol. The number of rotatable bonds is 3. The quantitative estimate of drug-likeness (QED) is 0.631. The molecule has 0 spiro atoms. The summed E-state index contributed by atoms with van der Waals surface area (Å²) in [6, 6.07) is 15.5. The van der Waals surface area contributed by atoms with Gasteiger partial charge in [-0.3, -0.25) is 4.79 Å². The van der Waals surface area contributed by atoms with Crippen LogP contribution in [0.25, 0.3) is 27.6 Å². The van der Waals surface area contributed by atoms with Gasteiger partial charge in [0.25, 0.3) is 0 Å². The topological polar surface area (TPSA) is 68.0 Å². The lowest BCUT2D eigenvalue weighted by Gasteiger charge is -2.07. The summed E-state index contributed by atoms with van der Waals surface area (Å²) in [5.74, 6) is -0.0936. The molecule has 0 radical (unpaired) electrons. The van der Waals surface area contributed by atoms with Gasteiger partial charge in [-0.15, -0.1) is 0 Å². The molecule has 5 heteroatoms. The van der Waals surface area contributed by atoms with Crippen molar-refractivity contribution in [3.63, 3.8) is 0 Å². The maximum Gasteiger partial charge on any atom is 0.307 e. The summed E-state index contributed by atoms with van der Waals surface area (Å²) < 4.78 is 1.94. The molecule has 5 nitrogen and oxygen atoms in total. The fraction of sp³-hybridized carbons (Fsp3) is 0.0556. The van der Waals surface area contributed by atoms with Gasteiger partial charge in [-0.2, -0.15) is 0 Å². The first-order chi connectivity index (χ1) is 11.2. The molecule has 0 saturated carbocycles. The highest BCUT2D eigenvalue weighted by Crippen LogP contribution is 2.27. The van der Waals surface area contributed by atoms with Gasteiger partial charge in [0, 0.05) is 17.0 Å². The van der Waals surface area contributed by atoms with Crippen LogP contribution in [0.2, 0.25) is 0 Å². The Morgan fingerprint density at radius 3 is 2.57 bits per heavy atom. The minimum absolute atomic E-state index is 0.0173. The van der Waals surface area contributed by atoms with E-state index in [1.54, 1.807) is 0 Å². The van der Waals surface area contributed by atoms with E-state index < -0.39 is 5.97 Å². The van der Waals surface area contributed by atoms with Crippen molar-refractivity contribution in [1.29, 1.82) is 0 Å². The van der Waals surface area contributed by atoms with Crippen LogP contribution in [-0.4, -0.2) is 25.6 Å². The Balaban J connectivity index is 2.03. The molecule has 0 aliphatic carbocycles. The van der Waals surface area contributed by atoms with Crippen LogP contribution in [0.3, 0.4) is 0 Å². The molecule has 0 atom stereocenters. The summed E-state index contributed by atoms with van der Waals surface area (Å²) in [5, 5.41) is 11.0. The van der Waals surface area contributed by atoms with Crippen LogP contribution >= 0.6 is 0 Å². The number of fused-ring (bicyclic) bond motifs is 2. The van der Waals surface area contributed by atoms with Crippen molar-refractivity contribution in [2.45, 2.75) is 6.42 Å². The Morgan fingerprint density at radius 2 is 1.74 bits per heavy atom. The molecular formula is C18H13N3O2. The van der Waals surface area contributed by atoms with E-state index in [1.807, 2.05) is 59.3 Å². The second-order valence-electron chi connectivity index (χ2n) is 5.33. The van der Waals surface area contributed by atoms with E-state index in [0.29, 0.717) is 0 Å². The Morgan fingerprint density at radius 1 is 1.00 bits per heavy atom. The minimum atomic E-state index is -0.847. The van der Waals surface area contributed by atoms with E-state index in [0.717, 1.165) is 33.2 Å². The molecule has 0 saturated heterocycles. The number of benzene rings is 2. The highest BCUT2D eigenvalue weighted by molar-refractivity contribution is 5.92. The third-order valence-electron chi connectivity index (χ3n) is 3.89. The van der Waals surface area contributed by atoms with Gasteiger partial charge in [0.2, 0.25) is 0 Å². The second-order valence-corrected chi connectivity index (χ2v) is 5.33. The Kier molecular flexibility index (Phi) is 3.05. The lowest BCUT2D eigenvalue weighted by atomic mass is 10.1. The van der Waals surface area contributed by atoms with Crippen molar-refractivity contribution < 1.29 is 9.90 Å². The first-order valence-electron chi connectivity index (χ1n) is 7.25. The molecule has 0 bridgehead atoms. The second kappa shape index (κ2) is 5.21. The van der Waals surface area contributed by atoms with E-state index in [4.69, 9.17) is 5.11 Å². The van der Waals surface area contributed by atoms with Gasteiger partial charge in [-0.05, 0) is 23.8 Å². The van der Waals surface area contributed by atoms with Crippen LogP contribution < -0.4 is 0 Å². The zero-order chi connectivity index (χ0) is 15.8. The summed E-state index contributed by atoms with van der Waals surface area (Å²) in [4.78, 5) is 19.8. The SMILES string of the molecule is O=C(O)Cc1cn(-c2ncnc3ccccc23)c2ccccc12. The molecule has 2 heterocycles. The van der Waals surface area contributed by atoms with E-state index in [-0.39, 0.29) is 6.42 Å². The summed E-state index contributed by atoms with van der Waals surface area (Å²) in [5.41, 5.74) is 2.57. The number of hydrogen-bond donors (Lipinski definition) is 1. The molecular weight excluding hydrogens is 290 g/mol. The van der Waals surface area contributed by atoms with Crippen molar-refractivity contribution in [3.8, 4) is 5.82 Å².